The van der Waals surface area contributed by atoms with E-state index in [0.29, 0.717) is 32.5 Å². The maximum atomic E-state index is 13.6. The van der Waals surface area contributed by atoms with E-state index in [9.17, 15) is 14.4 Å². The zero-order valence-corrected chi connectivity index (χ0v) is 22.9. The largest absolute Gasteiger partial charge is 0.338 e. The molecule has 1 N–H and O–H groups in total. The summed E-state index contributed by atoms with van der Waals surface area (Å²) in [6.07, 6.45) is 11.0. The molecule has 0 radical (unpaired) electrons. The molecule has 2 fully saturated rings. The van der Waals surface area contributed by atoms with Gasteiger partial charge in [0.05, 0.1) is 12.1 Å². The monoisotopic (exact) mass is 477 g/mol. The summed E-state index contributed by atoms with van der Waals surface area (Å²) >= 11 is 0. The van der Waals surface area contributed by atoms with Gasteiger partial charge in [-0.2, -0.15) is 0 Å². The van der Waals surface area contributed by atoms with Crippen molar-refractivity contribution < 1.29 is 14.4 Å². The van der Waals surface area contributed by atoms with Gasteiger partial charge in [0.2, 0.25) is 5.91 Å². The molecule has 0 aromatic heterocycles. The second kappa shape index (κ2) is 12.9. The van der Waals surface area contributed by atoms with E-state index in [1.54, 1.807) is 4.90 Å². The molecule has 0 saturated carbocycles. The highest BCUT2D eigenvalue weighted by molar-refractivity contribution is 5.95. The number of amides is 3. The van der Waals surface area contributed by atoms with Gasteiger partial charge < -0.3 is 15.1 Å². The van der Waals surface area contributed by atoms with Crippen LogP contribution in [0.25, 0.3) is 0 Å². The fourth-order valence-electron chi connectivity index (χ4n) is 6.00. The van der Waals surface area contributed by atoms with Gasteiger partial charge in [-0.05, 0) is 55.8 Å². The molecule has 0 spiro atoms. The summed E-state index contributed by atoms with van der Waals surface area (Å²) in [7, 11) is 0. The molecule has 2 rings (SSSR count). The van der Waals surface area contributed by atoms with E-state index in [1.807, 2.05) is 4.90 Å². The first-order chi connectivity index (χ1) is 16.1. The van der Waals surface area contributed by atoms with Crippen LogP contribution in [-0.4, -0.2) is 59.2 Å². The number of Topliss-reactive ketones (excluding diaryl/α,β-unsaturated/α-hetero) is 1. The number of likely N-dealkylation sites (tertiary alicyclic amines) is 2. The van der Waals surface area contributed by atoms with Crippen LogP contribution < -0.4 is 5.32 Å². The second-order valence-corrected chi connectivity index (χ2v) is 11.5. The fraction of sp³-hybridized carbons (Fsp3) is 0.893. The van der Waals surface area contributed by atoms with Crippen LogP contribution in [0.5, 0.6) is 0 Å². The molecule has 4 unspecified atom stereocenters. The molecule has 2 aliphatic rings. The van der Waals surface area contributed by atoms with Gasteiger partial charge >= 0.3 is 6.03 Å². The van der Waals surface area contributed by atoms with Crippen LogP contribution in [0.1, 0.15) is 119 Å². The van der Waals surface area contributed by atoms with Gasteiger partial charge in [-0.1, -0.05) is 67.2 Å². The molecule has 34 heavy (non-hydrogen) atoms. The summed E-state index contributed by atoms with van der Waals surface area (Å²) in [5, 5.41) is 3.09. The Morgan fingerprint density at radius 3 is 1.88 bits per heavy atom. The van der Waals surface area contributed by atoms with Gasteiger partial charge in [0.1, 0.15) is 0 Å². The lowest BCUT2D eigenvalue weighted by atomic mass is 9.79. The SMILES string of the molecule is CCCC(C)(CC)CCNC(=O)N1CCCC1C(=O)C1CCCN1C(=O)CC(C)(CC)CCC. The Morgan fingerprint density at radius 1 is 0.794 bits per heavy atom. The summed E-state index contributed by atoms with van der Waals surface area (Å²) in [4.78, 5) is 43.4. The summed E-state index contributed by atoms with van der Waals surface area (Å²) in [6.45, 7) is 15.1. The van der Waals surface area contributed by atoms with Gasteiger partial charge in [0.25, 0.3) is 0 Å². The first kappa shape index (κ1) is 28.6. The molecule has 0 aromatic carbocycles. The number of ketones is 1. The molecular weight excluding hydrogens is 426 g/mol. The van der Waals surface area contributed by atoms with E-state index in [1.165, 1.54) is 0 Å². The van der Waals surface area contributed by atoms with Gasteiger partial charge in [-0.15, -0.1) is 0 Å². The van der Waals surface area contributed by atoms with Gasteiger partial charge in [-0.25, -0.2) is 4.79 Å². The van der Waals surface area contributed by atoms with Crippen LogP contribution in [0, 0.1) is 10.8 Å². The number of hydrogen-bond donors (Lipinski definition) is 1. The lowest BCUT2D eigenvalue weighted by Gasteiger charge is -2.33. The van der Waals surface area contributed by atoms with Crippen LogP contribution in [-0.2, 0) is 9.59 Å². The average Bonchev–Trinajstić information content (AvgIpc) is 3.49. The van der Waals surface area contributed by atoms with E-state index >= 15 is 0 Å². The Morgan fingerprint density at radius 2 is 1.32 bits per heavy atom. The van der Waals surface area contributed by atoms with E-state index in [2.05, 4.69) is 46.9 Å². The molecule has 2 aliphatic heterocycles. The zero-order chi connectivity index (χ0) is 25.4. The maximum Gasteiger partial charge on any atom is 0.318 e. The molecule has 0 bridgehead atoms. The van der Waals surface area contributed by atoms with Crippen molar-refractivity contribution in [3.8, 4) is 0 Å². The molecule has 196 valence electrons. The number of carbonyl (C=O) groups is 3. The summed E-state index contributed by atoms with van der Waals surface area (Å²) < 4.78 is 0. The number of rotatable bonds is 13. The minimum atomic E-state index is -0.403. The number of nitrogens with zero attached hydrogens (tertiary/aromatic N) is 2. The third-order valence-corrected chi connectivity index (χ3v) is 8.74. The molecular formula is C28H51N3O3. The van der Waals surface area contributed by atoms with Crippen molar-refractivity contribution in [3.63, 3.8) is 0 Å². The Hall–Kier alpha value is -1.59. The lowest BCUT2D eigenvalue weighted by Crippen LogP contribution is -2.52. The zero-order valence-electron chi connectivity index (χ0n) is 22.9. The van der Waals surface area contributed by atoms with Crippen molar-refractivity contribution >= 4 is 17.7 Å². The Bertz CT molecular complexity index is 696. The minimum absolute atomic E-state index is 0.00787. The summed E-state index contributed by atoms with van der Waals surface area (Å²) in [5.41, 5.74) is 0.240. The van der Waals surface area contributed by atoms with Crippen molar-refractivity contribution in [3.05, 3.63) is 0 Å². The molecule has 6 heteroatoms. The molecule has 2 saturated heterocycles. The number of carbonyl (C=O) groups excluding carboxylic acids is 3. The topological polar surface area (TPSA) is 69.7 Å². The number of urea groups is 1. The van der Waals surface area contributed by atoms with E-state index < -0.39 is 6.04 Å². The highest BCUT2D eigenvalue weighted by Crippen LogP contribution is 2.34. The minimum Gasteiger partial charge on any atom is -0.338 e. The van der Waals surface area contributed by atoms with Gasteiger partial charge in [0, 0.05) is 26.1 Å². The molecule has 3 amide bonds. The first-order valence-electron chi connectivity index (χ1n) is 14.0. The summed E-state index contributed by atoms with van der Waals surface area (Å²) in [6, 6.07) is -0.899. The highest BCUT2D eigenvalue weighted by Gasteiger charge is 2.43. The second-order valence-electron chi connectivity index (χ2n) is 11.5. The van der Waals surface area contributed by atoms with E-state index in [4.69, 9.17) is 0 Å². The van der Waals surface area contributed by atoms with Crippen molar-refractivity contribution in [2.75, 3.05) is 19.6 Å². The van der Waals surface area contributed by atoms with Crippen molar-refractivity contribution in [1.82, 2.24) is 15.1 Å². The molecule has 2 heterocycles. The predicted molar refractivity (Wildman–Crippen MR) is 139 cm³/mol. The quantitative estimate of drug-likeness (QED) is 0.357. The molecule has 6 nitrogen and oxygen atoms in total. The third kappa shape index (κ3) is 7.21. The third-order valence-electron chi connectivity index (χ3n) is 8.74. The van der Waals surface area contributed by atoms with Crippen LogP contribution in [0.15, 0.2) is 0 Å². The fourth-order valence-corrected chi connectivity index (χ4v) is 6.00. The highest BCUT2D eigenvalue weighted by atomic mass is 16.2. The van der Waals surface area contributed by atoms with Crippen LogP contribution in [0.2, 0.25) is 0 Å². The van der Waals surface area contributed by atoms with Crippen LogP contribution >= 0.6 is 0 Å². The van der Waals surface area contributed by atoms with Crippen LogP contribution in [0.3, 0.4) is 0 Å². The first-order valence-corrected chi connectivity index (χ1v) is 14.0. The van der Waals surface area contributed by atoms with Crippen molar-refractivity contribution in [2.45, 2.75) is 131 Å². The van der Waals surface area contributed by atoms with Gasteiger partial charge in [-0.3, -0.25) is 9.59 Å². The molecule has 0 aliphatic carbocycles. The normalized spacial score (nSPS) is 24.1. The number of hydrogen-bond acceptors (Lipinski definition) is 3. The van der Waals surface area contributed by atoms with Crippen LogP contribution in [0.4, 0.5) is 4.79 Å². The average molecular weight is 478 g/mol. The number of nitrogens with one attached hydrogen (secondary N) is 1. The summed E-state index contributed by atoms with van der Waals surface area (Å²) in [5.74, 6) is 0.175. The Kier molecular flexibility index (Phi) is 10.9. The standard InChI is InChI=1S/C28H51N3O3/c1-7-15-27(5,9-3)17-18-29-26(34)31-20-12-14-23(31)25(33)22-13-11-19-30(22)24(32)21-28(6,10-4)16-8-2/h22-23H,7-21H2,1-6H3,(H,29,34). The smallest absolute Gasteiger partial charge is 0.318 e. The van der Waals surface area contributed by atoms with Crippen molar-refractivity contribution in [2.24, 2.45) is 10.8 Å². The maximum absolute atomic E-state index is 13.6. The molecule has 0 aromatic rings. The van der Waals surface area contributed by atoms with Crippen molar-refractivity contribution in [1.29, 1.82) is 0 Å². The van der Waals surface area contributed by atoms with Gasteiger partial charge in [0.15, 0.2) is 5.78 Å². The lowest BCUT2D eigenvalue weighted by molar-refractivity contribution is -0.140. The van der Waals surface area contributed by atoms with E-state index in [0.717, 1.165) is 64.2 Å². The predicted octanol–water partition coefficient (Wildman–Crippen LogP) is 5.93. The molecule has 4 atom stereocenters. The Balaban J connectivity index is 1.99. The van der Waals surface area contributed by atoms with E-state index in [-0.39, 0.29) is 34.6 Å². The Labute approximate surface area is 208 Å².